The van der Waals surface area contributed by atoms with E-state index in [1.807, 2.05) is 0 Å². The summed E-state index contributed by atoms with van der Waals surface area (Å²) in [4.78, 5) is 19.4. The number of benzene rings is 1. The van der Waals surface area contributed by atoms with Crippen molar-refractivity contribution in [1.82, 2.24) is 9.97 Å². The molecule has 1 atom stereocenters. The summed E-state index contributed by atoms with van der Waals surface area (Å²) in [5.74, 6) is -0.833. The number of fused-ring (bicyclic) bond motifs is 1. The van der Waals surface area contributed by atoms with Crippen molar-refractivity contribution >= 4 is 35.0 Å². The highest BCUT2D eigenvalue weighted by Gasteiger charge is 2.30. The third-order valence-corrected chi connectivity index (χ3v) is 3.75. The summed E-state index contributed by atoms with van der Waals surface area (Å²) in [5.41, 5.74) is 11.7. The zero-order chi connectivity index (χ0) is 15.1. The Balaban J connectivity index is 1.97. The number of hydrogen-bond donors (Lipinski definition) is 4. The molecule has 1 amide bonds. The van der Waals surface area contributed by atoms with E-state index in [4.69, 9.17) is 11.5 Å². The number of aliphatic hydroxyl groups is 1. The van der Waals surface area contributed by atoms with Crippen LogP contribution in [0.25, 0.3) is 0 Å². The van der Waals surface area contributed by atoms with Crippen LogP contribution in [-0.2, 0) is 4.79 Å². The van der Waals surface area contributed by atoms with E-state index in [1.165, 1.54) is 12.1 Å². The average Bonchev–Trinajstić information content (AvgIpc) is 2.65. The molecule has 2 heterocycles. The minimum atomic E-state index is -1.35. The van der Waals surface area contributed by atoms with Gasteiger partial charge in [0.05, 0.1) is 4.90 Å². The average molecular weight is 307 g/mol. The maximum atomic E-state index is 14.0. The zero-order valence-corrected chi connectivity index (χ0v) is 11.3. The number of aromatic nitrogens is 2. The van der Waals surface area contributed by atoms with Gasteiger partial charge in [-0.2, -0.15) is 0 Å². The topological polar surface area (TPSA) is 127 Å². The number of halogens is 1. The highest BCUT2D eigenvalue weighted by atomic mass is 32.2. The van der Waals surface area contributed by atoms with Crippen molar-refractivity contribution in [2.24, 2.45) is 0 Å². The summed E-state index contributed by atoms with van der Waals surface area (Å²) in [7, 11) is 0. The Hall–Kier alpha value is -2.39. The number of rotatable bonds is 2. The molecule has 1 aliphatic heterocycles. The fourth-order valence-corrected chi connectivity index (χ4v) is 2.76. The van der Waals surface area contributed by atoms with Crippen LogP contribution in [0.15, 0.2) is 28.3 Å². The Morgan fingerprint density at radius 2 is 1.90 bits per heavy atom. The Labute approximate surface area is 122 Å². The van der Waals surface area contributed by atoms with E-state index in [2.05, 4.69) is 15.3 Å². The molecular formula is C12H10FN5O2S. The second-order valence-corrected chi connectivity index (χ2v) is 5.37. The van der Waals surface area contributed by atoms with Crippen LogP contribution in [0.5, 0.6) is 0 Å². The first-order valence-electron chi connectivity index (χ1n) is 5.84. The normalized spacial score (nSPS) is 16.7. The minimum Gasteiger partial charge on any atom is -0.383 e. The molecule has 0 saturated heterocycles. The van der Waals surface area contributed by atoms with Crippen LogP contribution in [0.4, 0.5) is 21.7 Å². The molecule has 0 aliphatic carbocycles. The second-order valence-electron chi connectivity index (χ2n) is 4.36. The molecule has 0 fully saturated rings. The predicted octanol–water partition coefficient (Wildman–Crippen LogP) is 0.917. The lowest BCUT2D eigenvalue weighted by atomic mass is 10.1. The summed E-state index contributed by atoms with van der Waals surface area (Å²) in [5, 5.41) is 12.2. The van der Waals surface area contributed by atoms with Crippen molar-refractivity contribution in [1.29, 1.82) is 0 Å². The number of anilines is 3. The standard InChI is InChI=1S/C12H10FN5O2S/c13-5-1-4-6(16-11(20)10(4)19)2-7(5)21-12-17-8(14)3-9(15)18-12/h1-3,10,19H,(H,16,20)(H4,14,15,17,18). The molecule has 9 heteroatoms. The van der Waals surface area contributed by atoms with Crippen molar-refractivity contribution in [3.05, 3.63) is 29.6 Å². The summed E-state index contributed by atoms with van der Waals surface area (Å²) in [6.45, 7) is 0. The van der Waals surface area contributed by atoms with Crippen LogP contribution in [0.3, 0.4) is 0 Å². The van der Waals surface area contributed by atoms with E-state index in [-0.39, 0.29) is 27.3 Å². The van der Waals surface area contributed by atoms with Crippen molar-refractivity contribution in [3.63, 3.8) is 0 Å². The van der Waals surface area contributed by atoms with E-state index in [0.29, 0.717) is 5.69 Å². The lowest BCUT2D eigenvalue weighted by Crippen LogP contribution is -2.10. The third kappa shape index (κ3) is 2.48. The van der Waals surface area contributed by atoms with Gasteiger partial charge in [0.2, 0.25) is 0 Å². The van der Waals surface area contributed by atoms with Gasteiger partial charge in [-0.1, -0.05) is 0 Å². The Morgan fingerprint density at radius 3 is 2.57 bits per heavy atom. The number of amides is 1. The van der Waals surface area contributed by atoms with Gasteiger partial charge in [-0.3, -0.25) is 4.79 Å². The molecular weight excluding hydrogens is 297 g/mol. The molecule has 0 bridgehead atoms. The molecule has 0 radical (unpaired) electrons. The molecule has 2 aromatic rings. The Kier molecular flexibility index (Phi) is 3.15. The van der Waals surface area contributed by atoms with Crippen LogP contribution in [-0.4, -0.2) is 21.0 Å². The van der Waals surface area contributed by atoms with Gasteiger partial charge in [0, 0.05) is 17.3 Å². The Morgan fingerprint density at radius 1 is 1.24 bits per heavy atom. The van der Waals surface area contributed by atoms with Crippen LogP contribution < -0.4 is 16.8 Å². The van der Waals surface area contributed by atoms with E-state index in [0.717, 1.165) is 17.8 Å². The number of nitrogens with two attached hydrogens (primary N) is 2. The quantitative estimate of drug-likeness (QED) is 0.607. The van der Waals surface area contributed by atoms with Gasteiger partial charge in [0.15, 0.2) is 11.3 Å². The number of carbonyl (C=O) groups is 1. The molecule has 1 unspecified atom stereocenters. The van der Waals surface area contributed by atoms with Crippen molar-refractivity contribution in [3.8, 4) is 0 Å². The first-order chi connectivity index (χ1) is 9.94. The summed E-state index contributed by atoms with van der Waals surface area (Å²) in [6, 6.07) is 3.90. The van der Waals surface area contributed by atoms with Crippen LogP contribution >= 0.6 is 11.8 Å². The van der Waals surface area contributed by atoms with Crippen molar-refractivity contribution in [2.75, 3.05) is 16.8 Å². The van der Waals surface area contributed by atoms with Crippen LogP contribution in [0.2, 0.25) is 0 Å². The van der Waals surface area contributed by atoms with E-state index in [9.17, 15) is 14.3 Å². The van der Waals surface area contributed by atoms with Gasteiger partial charge in [0.1, 0.15) is 17.5 Å². The first-order valence-corrected chi connectivity index (χ1v) is 6.66. The number of carbonyl (C=O) groups excluding carboxylic acids is 1. The second kappa shape index (κ2) is 4.86. The first kappa shape index (κ1) is 13.6. The molecule has 3 rings (SSSR count). The summed E-state index contributed by atoms with van der Waals surface area (Å²) >= 11 is 0.921. The number of nitrogens with one attached hydrogen (secondary N) is 1. The lowest BCUT2D eigenvalue weighted by molar-refractivity contribution is -0.123. The zero-order valence-electron chi connectivity index (χ0n) is 10.5. The number of hydrogen-bond acceptors (Lipinski definition) is 7. The largest absolute Gasteiger partial charge is 0.383 e. The third-order valence-electron chi connectivity index (χ3n) is 2.85. The van der Waals surface area contributed by atoms with E-state index < -0.39 is 17.8 Å². The van der Waals surface area contributed by atoms with Gasteiger partial charge in [-0.05, 0) is 23.9 Å². The van der Waals surface area contributed by atoms with Crippen molar-refractivity contribution in [2.45, 2.75) is 16.2 Å². The number of nitrogen functional groups attached to an aromatic ring is 2. The van der Waals surface area contributed by atoms with Gasteiger partial charge in [-0.15, -0.1) is 0 Å². The van der Waals surface area contributed by atoms with Crippen LogP contribution in [0, 0.1) is 5.82 Å². The SMILES string of the molecule is Nc1cc(N)nc(Sc2cc3c(cc2F)C(O)C(=O)N3)n1. The predicted molar refractivity (Wildman–Crippen MR) is 75.0 cm³/mol. The molecule has 0 saturated carbocycles. The van der Waals surface area contributed by atoms with E-state index in [1.54, 1.807) is 0 Å². The maximum Gasteiger partial charge on any atom is 0.257 e. The molecule has 0 spiro atoms. The number of nitrogens with zero attached hydrogens (tertiary/aromatic N) is 2. The van der Waals surface area contributed by atoms with E-state index >= 15 is 0 Å². The van der Waals surface area contributed by atoms with Crippen molar-refractivity contribution < 1.29 is 14.3 Å². The fourth-order valence-electron chi connectivity index (χ4n) is 1.93. The highest BCUT2D eigenvalue weighted by molar-refractivity contribution is 7.99. The Bertz CT molecular complexity index is 734. The minimum absolute atomic E-state index is 0.176. The fraction of sp³-hybridized carbons (Fsp3) is 0.0833. The van der Waals surface area contributed by atoms with Crippen LogP contribution in [0.1, 0.15) is 11.7 Å². The summed E-state index contributed by atoms with van der Waals surface area (Å²) in [6.07, 6.45) is -1.35. The molecule has 6 N–H and O–H groups in total. The lowest BCUT2D eigenvalue weighted by Gasteiger charge is -2.07. The van der Waals surface area contributed by atoms with Gasteiger partial charge in [0.25, 0.3) is 5.91 Å². The summed E-state index contributed by atoms with van der Waals surface area (Å²) < 4.78 is 14.0. The number of aliphatic hydroxyl groups excluding tert-OH is 1. The smallest absolute Gasteiger partial charge is 0.257 e. The molecule has 1 aliphatic rings. The molecule has 108 valence electrons. The molecule has 1 aromatic heterocycles. The monoisotopic (exact) mass is 307 g/mol. The van der Waals surface area contributed by atoms with Gasteiger partial charge in [-0.25, -0.2) is 14.4 Å². The van der Waals surface area contributed by atoms with Gasteiger partial charge < -0.3 is 21.9 Å². The maximum absolute atomic E-state index is 14.0. The molecule has 1 aromatic carbocycles. The van der Waals surface area contributed by atoms with Gasteiger partial charge >= 0.3 is 0 Å². The molecule has 21 heavy (non-hydrogen) atoms. The highest BCUT2D eigenvalue weighted by Crippen LogP contribution is 2.37. The molecule has 7 nitrogen and oxygen atoms in total.